The van der Waals surface area contributed by atoms with Crippen molar-refractivity contribution >= 4 is 45.7 Å². The van der Waals surface area contributed by atoms with Gasteiger partial charge in [-0.2, -0.15) is 0 Å². The van der Waals surface area contributed by atoms with Crippen molar-refractivity contribution in [3.05, 3.63) is 107 Å². The summed E-state index contributed by atoms with van der Waals surface area (Å²) >= 11 is 2.30. The minimum absolute atomic E-state index is 0.120. The Morgan fingerprint density at radius 3 is 2.45 bits per heavy atom. The molecule has 4 aromatic rings. The molecule has 1 atom stereocenters. The number of hydrogen-bond acceptors (Lipinski definition) is 8. The van der Waals surface area contributed by atoms with Gasteiger partial charge in [-0.05, 0) is 60.0 Å². The Balaban J connectivity index is 1.51. The summed E-state index contributed by atoms with van der Waals surface area (Å²) in [5, 5.41) is 19.6. The lowest BCUT2D eigenvalue weighted by atomic mass is 9.95. The molecule has 1 amide bonds. The number of thioether (sulfide) groups is 1. The molecule has 7 nitrogen and oxygen atoms in total. The standard InChI is InChI=1S/C29H23F2N3O4S2/c1-2-15-38-21-13-9-18(10-14-21)25(35)23-24(17-7-11-20(30)12-8-17)34(27(37)26(23)36)28-32-33-29(40-28)39-16-19-5-3-4-6-22(19)31/h3-14,24,35H,2,15-16H2,1H3/b25-23-. The van der Waals surface area contributed by atoms with E-state index in [1.54, 1.807) is 42.5 Å². The SMILES string of the molecule is CCCOc1ccc(/C(O)=C2/C(=O)C(=O)N(c3nnc(SCc4ccccc4F)s3)C2c2ccc(F)cc2)cc1. The number of amides is 1. The van der Waals surface area contributed by atoms with Gasteiger partial charge in [0, 0.05) is 11.3 Å². The highest BCUT2D eigenvalue weighted by molar-refractivity contribution is 8.00. The molecule has 0 radical (unpaired) electrons. The number of ether oxygens (including phenoxy) is 1. The topological polar surface area (TPSA) is 92.6 Å². The molecule has 1 aliphatic heterocycles. The van der Waals surface area contributed by atoms with Crippen molar-refractivity contribution in [3.63, 3.8) is 0 Å². The van der Waals surface area contributed by atoms with Gasteiger partial charge in [0.15, 0.2) is 4.34 Å². The number of carbonyl (C=O) groups is 2. The predicted octanol–water partition coefficient (Wildman–Crippen LogP) is 6.52. The van der Waals surface area contributed by atoms with E-state index in [0.717, 1.165) is 22.7 Å². The van der Waals surface area contributed by atoms with E-state index in [9.17, 15) is 23.5 Å². The Morgan fingerprint density at radius 1 is 1.02 bits per heavy atom. The Hall–Kier alpha value is -4.09. The fraction of sp³-hybridized carbons (Fsp3) is 0.172. The Labute approximate surface area is 237 Å². The minimum atomic E-state index is -1.08. The van der Waals surface area contributed by atoms with Crippen LogP contribution in [0, 0.1) is 11.6 Å². The molecule has 40 heavy (non-hydrogen) atoms. The molecule has 1 aliphatic rings. The first-order valence-corrected chi connectivity index (χ1v) is 14.2. The zero-order chi connectivity index (χ0) is 28.2. The van der Waals surface area contributed by atoms with Crippen LogP contribution < -0.4 is 9.64 Å². The van der Waals surface area contributed by atoms with Gasteiger partial charge in [0.25, 0.3) is 5.78 Å². The zero-order valence-electron chi connectivity index (χ0n) is 21.2. The van der Waals surface area contributed by atoms with Crippen molar-refractivity contribution in [2.75, 3.05) is 11.5 Å². The molecule has 1 unspecified atom stereocenters. The fourth-order valence-electron chi connectivity index (χ4n) is 4.19. The molecule has 1 aromatic heterocycles. The van der Waals surface area contributed by atoms with Crippen molar-refractivity contribution in [1.29, 1.82) is 0 Å². The van der Waals surface area contributed by atoms with Gasteiger partial charge in [0.1, 0.15) is 23.1 Å². The smallest absolute Gasteiger partial charge is 0.301 e. The number of benzene rings is 3. The van der Waals surface area contributed by atoms with Crippen molar-refractivity contribution in [1.82, 2.24) is 10.2 Å². The lowest BCUT2D eigenvalue weighted by molar-refractivity contribution is -0.132. The summed E-state index contributed by atoms with van der Waals surface area (Å²) in [6.07, 6.45) is 0.831. The van der Waals surface area contributed by atoms with Gasteiger partial charge >= 0.3 is 5.91 Å². The third kappa shape index (κ3) is 5.61. The van der Waals surface area contributed by atoms with Gasteiger partial charge in [-0.3, -0.25) is 14.5 Å². The number of rotatable bonds is 9. The van der Waals surface area contributed by atoms with E-state index in [0.29, 0.717) is 39.1 Å². The first-order valence-electron chi connectivity index (χ1n) is 12.4. The van der Waals surface area contributed by atoms with Crippen LogP contribution in [0.1, 0.15) is 36.1 Å². The van der Waals surface area contributed by atoms with E-state index in [2.05, 4.69) is 10.2 Å². The first kappa shape index (κ1) is 27.5. The van der Waals surface area contributed by atoms with Crippen molar-refractivity contribution < 1.29 is 28.2 Å². The number of anilines is 1. The van der Waals surface area contributed by atoms with Crippen LogP contribution in [0.5, 0.6) is 5.75 Å². The van der Waals surface area contributed by atoms with Gasteiger partial charge in [-0.15, -0.1) is 10.2 Å². The highest BCUT2D eigenvalue weighted by atomic mass is 32.2. The van der Waals surface area contributed by atoms with Gasteiger partial charge < -0.3 is 9.84 Å². The molecule has 0 spiro atoms. The molecule has 5 rings (SSSR count). The third-order valence-corrected chi connectivity index (χ3v) is 8.25. The molecular weight excluding hydrogens is 556 g/mol. The monoisotopic (exact) mass is 579 g/mol. The summed E-state index contributed by atoms with van der Waals surface area (Å²) in [4.78, 5) is 27.8. The number of hydrogen-bond donors (Lipinski definition) is 1. The third-order valence-electron chi connectivity index (χ3n) is 6.14. The molecule has 0 bridgehead atoms. The largest absolute Gasteiger partial charge is 0.507 e. The van der Waals surface area contributed by atoms with E-state index in [-0.39, 0.29) is 22.3 Å². The fourth-order valence-corrected chi connectivity index (χ4v) is 6.04. The highest BCUT2D eigenvalue weighted by Gasteiger charge is 2.48. The van der Waals surface area contributed by atoms with Crippen LogP contribution in [0.25, 0.3) is 5.76 Å². The number of halogens is 2. The number of aromatic nitrogens is 2. The van der Waals surface area contributed by atoms with Crippen LogP contribution >= 0.6 is 23.1 Å². The maximum Gasteiger partial charge on any atom is 0.301 e. The van der Waals surface area contributed by atoms with E-state index in [1.807, 2.05) is 6.92 Å². The van der Waals surface area contributed by atoms with Crippen LogP contribution in [0.4, 0.5) is 13.9 Å². The molecule has 1 saturated heterocycles. The summed E-state index contributed by atoms with van der Waals surface area (Å²) in [6, 6.07) is 17.1. The lowest BCUT2D eigenvalue weighted by Gasteiger charge is -2.22. The van der Waals surface area contributed by atoms with Gasteiger partial charge in [-0.1, -0.05) is 60.4 Å². The maximum absolute atomic E-state index is 14.0. The molecular formula is C29H23F2N3O4S2. The van der Waals surface area contributed by atoms with Crippen molar-refractivity contribution in [2.45, 2.75) is 29.5 Å². The van der Waals surface area contributed by atoms with Crippen molar-refractivity contribution in [3.8, 4) is 5.75 Å². The number of Topliss-reactive ketones (excluding diaryl/α,β-unsaturated/α-hetero) is 1. The predicted molar refractivity (Wildman–Crippen MR) is 149 cm³/mol. The average molecular weight is 580 g/mol. The van der Waals surface area contributed by atoms with Crippen LogP contribution in [0.2, 0.25) is 0 Å². The molecule has 3 aromatic carbocycles. The van der Waals surface area contributed by atoms with Crippen LogP contribution in [0.15, 0.2) is 82.7 Å². The Kier molecular flexibility index (Phi) is 8.22. The van der Waals surface area contributed by atoms with Crippen molar-refractivity contribution in [2.24, 2.45) is 0 Å². The number of ketones is 1. The number of nitrogens with zero attached hydrogens (tertiary/aromatic N) is 3. The van der Waals surface area contributed by atoms with Crippen LogP contribution in [0.3, 0.4) is 0 Å². The van der Waals surface area contributed by atoms with Gasteiger partial charge in [0.05, 0.1) is 18.2 Å². The summed E-state index contributed by atoms with van der Waals surface area (Å²) < 4.78 is 33.9. The van der Waals surface area contributed by atoms with E-state index >= 15 is 0 Å². The number of aliphatic hydroxyl groups excluding tert-OH is 1. The number of aliphatic hydroxyl groups is 1. The molecule has 1 N–H and O–H groups in total. The first-order chi connectivity index (χ1) is 19.4. The molecule has 11 heteroatoms. The summed E-state index contributed by atoms with van der Waals surface area (Å²) in [5.74, 6) is -2.13. The highest BCUT2D eigenvalue weighted by Crippen LogP contribution is 2.44. The normalized spacial score (nSPS) is 16.5. The number of carbonyl (C=O) groups excluding carboxylic acids is 2. The minimum Gasteiger partial charge on any atom is -0.507 e. The Bertz CT molecular complexity index is 1570. The van der Waals surface area contributed by atoms with Crippen LogP contribution in [-0.2, 0) is 15.3 Å². The lowest BCUT2D eigenvalue weighted by Crippen LogP contribution is -2.29. The summed E-state index contributed by atoms with van der Waals surface area (Å²) in [7, 11) is 0. The molecule has 0 aliphatic carbocycles. The quantitative estimate of drug-likeness (QED) is 0.0793. The second-order valence-electron chi connectivity index (χ2n) is 8.82. The molecule has 204 valence electrons. The average Bonchev–Trinajstić information content (AvgIpc) is 3.53. The van der Waals surface area contributed by atoms with Gasteiger partial charge in [0.2, 0.25) is 5.13 Å². The maximum atomic E-state index is 14.0. The van der Waals surface area contributed by atoms with Crippen LogP contribution in [-0.4, -0.2) is 33.6 Å². The molecule has 2 heterocycles. The van der Waals surface area contributed by atoms with E-state index < -0.39 is 23.5 Å². The molecule has 1 fully saturated rings. The van der Waals surface area contributed by atoms with E-state index in [4.69, 9.17) is 4.74 Å². The summed E-state index contributed by atoms with van der Waals surface area (Å²) in [6.45, 7) is 2.51. The zero-order valence-corrected chi connectivity index (χ0v) is 22.8. The second-order valence-corrected chi connectivity index (χ2v) is 11.0. The Morgan fingerprint density at radius 2 is 1.75 bits per heavy atom. The second kappa shape index (κ2) is 12.0. The summed E-state index contributed by atoms with van der Waals surface area (Å²) in [5.41, 5.74) is 1.05. The van der Waals surface area contributed by atoms with E-state index in [1.165, 1.54) is 42.1 Å². The molecule has 0 saturated carbocycles. The van der Waals surface area contributed by atoms with Gasteiger partial charge in [-0.25, -0.2) is 8.78 Å².